The predicted molar refractivity (Wildman–Crippen MR) is 110 cm³/mol. The SMILES string of the molecule is COCC(=O)N[C@@H](C)c1nnc(SCc2ccc(F)cc2)n1-c1ccc(C)cc1. The number of nitrogens with one attached hydrogen (secondary N) is 1. The van der Waals surface area contributed by atoms with Crippen molar-refractivity contribution in [3.63, 3.8) is 0 Å². The molecule has 1 aromatic heterocycles. The molecule has 0 aliphatic heterocycles. The van der Waals surface area contributed by atoms with E-state index in [1.54, 1.807) is 12.1 Å². The molecule has 2 aromatic carbocycles. The van der Waals surface area contributed by atoms with Gasteiger partial charge in [0.05, 0.1) is 6.04 Å². The first kappa shape index (κ1) is 21.0. The Hall–Kier alpha value is -2.71. The third kappa shape index (κ3) is 5.42. The quantitative estimate of drug-likeness (QED) is 0.568. The van der Waals surface area contributed by atoms with Crippen molar-refractivity contribution < 1.29 is 13.9 Å². The third-order valence-corrected chi connectivity index (χ3v) is 5.27. The van der Waals surface area contributed by atoms with Crippen LogP contribution < -0.4 is 5.32 Å². The highest BCUT2D eigenvalue weighted by molar-refractivity contribution is 7.98. The zero-order chi connectivity index (χ0) is 20.8. The normalized spacial score (nSPS) is 12.0. The fraction of sp³-hybridized carbons (Fsp3) is 0.286. The summed E-state index contributed by atoms with van der Waals surface area (Å²) < 4.78 is 20.0. The second-order valence-electron chi connectivity index (χ2n) is 6.65. The summed E-state index contributed by atoms with van der Waals surface area (Å²) in [6.07, 6.45) is 0. The van der Waals surface area contributed by atoms with Crippen molar-refractivity contribution in [2.45, 2.75) is 30.8 Å². The Morgan fingerprint density at radius 2 is 1.86 bits per heavy atom. The van der Waals surface area contributed by atoms with E-state index in [9.17, 15) is 9.18 Å². The van der Waals surface area contributed by atoms with E-state index in [4.69, 9.17) is 4.74 Å². The van der Waals surface area contributed by atoms with Crippen LogP contribution in [0.15, 0.2) is 53.7 Å². The van der Waals surface area contributed by atoms with Crippen molar-refractivity contribution >= 4 is 17.7 Å². The molecular formula is C21H23FN4O2S. The van der Waals surface area contributed by atoms with Crippen LogP contribution in [-0.4, -0.2) is 34.4 Å². The third-order valence-electron chi connectivity index (χ3n) is 4.27. The minimum Gasteiger partial charge on any atom is -0.375 e. The van der Waals surface area contributed by atoms with Crippen molar-refractivity contribution in [3.8, 4) is 5.69 Å². The van der Waals surface area contributed by atoms with Gasteiger partial charge in [-0.05, 0) is 43.7 Å². The predicted octanol–water partition coefficient (Wildman–Crippen LogP) is 3.83. The summed E-state index contributed by atoms with van der Waals surface area (Å²) in [5.41, 5.74) is 3.04. The molecule has 1 heterocycles. The zero-order valence-corrected chi connectivity index (χ0v) is 17.4. The first-order valence-corrected chi connectivity index (χ1v) is 10.1. The van der Waals surface area contributed by atoms with Gasteiger partial charge in [0.1, 0.15) is 12.4 Å². The number of amides is 1. The highest BCUT2D eigenvalue weighted by atomic mass is 32.2. The van der Waals surface area contributed by atoms with Gasteiger partial charge in [0.15, 0.2) is 11.0 Å². The Balaban J connectivity index is 1.89. The maximum Gasteiger partial charge on any atom is 0.246 e. The minimum absolute atomic E-state index is 0.0187. The molecule has 1 amide bonds. The summed E-state index contributed by atoms with van der Waals surface area (Å²) in [5.74, 6) is 0.762. The molecule has 8 heteroatoms. The van der Waals surface area contributed by atoms with Crippen LogP contribution in [0.3, 0.4) is 0 Å². The van der Waals surface area contributed by atoms with Crippen molar-refractivity contribution in [2.75, 3.05) is 13.7 Å². The molecule has 0 spiro atoms. The molecule has 0 fully saturated rings. The van der Waals surface area contributed by atoms with E-state index >= 15 is 0 Å². The molecule has 6 nitrogen and oxygen atoms in total. The first-order chi connectivity index (χ1) is 14.0. The number of thioether (sulfide) groups is 1. The van der Waals surface area contributed by atoms with Crippen LogP contribution in [0.5, 0.6) is 0 Å². The molecule has 0 aliphatic carbocycles. The zero-order valence-electron chi connectivity index (χ0n) is 16.6. The Morgan fingerprint density at radius 1 is 1.17 bits per heavy atom. The molecule has 152 valence electrons. The topological polar surface area (TPSA) is 69.0 Å². The number of ether oxygens (including phenoxy) is 1. The van der Waals surface area contributed by atoms with Gasteiger partial charge < -0.3 is 10.1 Å². The summed E-state index contributed by atoms with van der Waals surface area (Å²) in [6.45, 7) is 3.86. The van der Waals surface area contributed by atoms with Crippen LogP contribution in [0.1, 0.15) is 29.9 Å². The molecule has 0 saturated carbocycles. The second-order valence-corrected chi connectivity index (χ2v) is 7.59. The largest absolute Gasteiger partial charge is 0.375 e. The van der Waals surface area contributed by atoms with E-state index in [1.165, 1.54) is 31.0 Å². The van der Waals surface area contributed by atoms with Crippen molar-refractivity contribution in [3.05, 3.63) is 71.3 Å². The molecule has 1 N–H and O–H groups in total. The van der Waals surface area contributed by atoms with Gasteiger partial charge in [-0.15, -0.1) is 10.2 Å². The summed E-state index contributed by atoms with van der Waals surface area (Å²) in [4.78, 5) is 11.9. The molecule has 1 atom stereocenters. The number of hydrogen-bond donors (Lipinski definition) is 1. The lowest BCUT2D eigenvalue weighted by molar-refractivity contribution is -0.125. The minimum atomic E-state index is -0.355. The van der Waals surface area contributed by atoms with E-state index in [0.29, 0.717) is 16.7 Å². The first-order valence-electron chi connectivity index (χ1n) is 9.16. The van der Waals surface area contributed by atoms with E-state index in [1.807, 2.05) is 42.7 Å². The summed E-state index contributed by atoms with van der Waals surface area (Å²) in [6, 6.07) is 14.1. The van der Waals surface area contributed by atoms with Crippen molar-refractivity contribution in [1.82, 2.24) is 20.1 Å². The number of methoxy groups -OCH3 is 1. The Labute approximate surface area is 173 Å². The van der Waals surface area contributed by atoms with Crippen molar-refractivity contribution in [1.29, 1.82) is 0 Å². The number of aryl methyl sites for hydroxylation is 1. The fourth-order valence-electron chi connectivity index (χ4n) is 2.80. The molecule has 29 heavy (non-hydrogen) atoms. The average molecular weight is 415 g/mol. The standard InChI is InChI=1S/C21H23FN4O2S/c1-14-4-10-18(11-5-14)26-20(15(2)23-19(27)12-28-3)24-25-21(26)29-13-16-6-8-17(22)9-7-16/h4-11,15H,12-13H2,1-3H3,(H,23,27)/t15-/m0/s1. The number of carbonyl (C=O) groups is 1. The number of benzene rings is 2. The molecule has 0 saturated heterocycles. The number of hydrogen-bond acceptors (Lipinski definition) is 5. The average Bonchev–Trinajstić information content (AvgIpc) is 3.12. The molecule has 3 aromatic rings. The van der Waals surface area contributed by atoms with E-state index in [-0.39, 0.29) is 24.4 Å². The summed E-state index contributed by atoms with van der Waals surface area (Å²) >= 11 is 1.50. The monoisotopic (exact) mass is 414 g/mol. The molecule has 0 bridgehead atoms. The van der Waals surface area contributed by atoms with E-state index in [0.717, 1.165) is 16.8 Å². The number of aromatic nitrogens is 3. The van der Waals surface area contributed by atoms with E-state index < -0.39 is 0 Å². The fourth-order valence-corrected chi connectivity index (χ4v) is 3.71. The number of carbonyl (C=O) groups excluding carboxylic acids is 1. The van der Waals surface area contributed by atoms with E-state index in [2.05, 4.69) is 15.5 Å². The highest BCUT2D eigenvalue weighted by Gasteiger charge is 2.21. The van der Waals surface area contributed by atoms with Crippen LogP contribution in [0.4, 0.5) is 4.39 Å². The van der Waals surface area contributed by atoms with Crippen LogP contribution >= 0.6 is 11.8 Å². The molecule has 3 rings (SSSR count). The summed E-state index contributed by atoms with van der Waals surface area (Å²) in [5, 5.41) is 12.2. The van der Waals surface area contributed by atoms with Gasteiger partial charge in [-0.25, -0.2) is 4.39 Å². The molecular weight excluding hydrogens is 391 g/mol. The Kier molecular flexibility index (Phi) is 7.00. The molecule has 0 unspecified atom stereocenters. The van der Waals surface area contributed by atoms with Gasteiger partial charge in [0, 0.05) is 18.6 Å². The van der Waals surface area contributed by atoms with Crippen LogP contribution in [0.2, 0.25) is 0 Å². The van der Waals surface area contributed by atoms with Crippen molar-refractivity contribution in [2.24, 2.45) is 0 Å². The van der Waals surface area contributed by atoms with Gasteiger partial charge in [-0.1, -0.05) is 41.6 Å². The number of nitrogens with zero attached hydrogens (tertiary/aromatic N) is 3. The maximum atomic E-state index is 13.1. The summed E-state index contributed by atoms with van der Waals surface area (Å²) in [7, 11) is 1.48. The Bertz CT molecular complexity index is 958. The smallest absolute Gasteiger partial charge is 0.246 e. The highest BCUT2D eigenvalue weighted by Crippen LogP contribution is 2.27. The second kappa shape index (κ2) is 9.67. The van der Waals surface area contributed by atoms with Gasteiger partial charge in [-0.3, -0.25) is 9.36 Å². The Morgan fingerprint density at radius 3 is 2.52 bits per heavy atom. The van der Waals surface area contributed by atoms with Crippen LogP contribution in [0, 0.1) is 12.7 Å². The number of rotatable bonds is 8. The van der Waals surface area contributed by atoms with Gasteiger partial charge >= 0.3 is 0 Å². The van der Waals surface area contributed by atoms with Crippen LogP contribution in [0.25, 0.3) is 5.69 Å². The maximum absolute atomic E-state index is 13.1. The lowest BCUT2D eigenvalue weighted by Crippen LogP contribution is -2.31. The van der Waals surface area contributed by atoms with Gasteiger partial charge in [0.2, 0.25) is 5.91 Å². The van der Waals surface area contributed by atoms with Gasteiger partial charge in [0.25, 0.3) is 0 Å². The lowest BCUT2D eigenvalue weighted by atomic mass is 10.2. The molecule has 0 aliphatic rings. The molecule has 0 radical (unpaired) electrons. The number of halogens is 1. The lowest BCUT2D eigenvalue weighted by Gasteiger charge is -2.16. The van der Waals surface area contributed by atoms with Crippen LogP contribution in [-0.2, 0) is 15.3 Å². The van der Waals surface area contributed by atoms with Gasteiger partial charge in [-0.2, -0.15) is 0 Å².